The van der Waals surface area contributed by atoms with Crippen molar-refractivity contribution in [3.05, 3.63) is 54.9 Å². The Hall–Kier alpha value is -3.36. The number of nitrogens with zero attached hydrogens (tertiary/aromatic N) is 3. The predicted octanol–water partition coefficient (Wildman–Crippen LogP) is 5.39. The molecule has 0 aliphatic carbocycles. The first-order chi connectivity index (χ1) is 13.8. The highest BCUT2D eigenvalue weighted by atomic mass is 19.4. The Balaban J connectivity index is 1.98. The van der Waals surface area contributed by atoms with Gasteiger partial charge in [0.1, 0.15) is 5.82 Å². The van der Waals surface area contributed by atoms with Crippen LogP contribution in [-0.2, 0) is 0 Å². The van der Waals surface area contributed by atoms with Gasteiger partial charge in [0.25, 0.3) is 0 Å². The van der Waals surface area contributed by atoms with Crippen LogP contribution in [0.1, 0.15) is 20.3 Å². The van der Waals surface area contributed by atoms with Gasteiger partial charge in [0.05, 0.1) is 11.4 Å². The summed E-state index contributed by atoms with van der Waals surface area (Å²) in [4.78, 5) is 12.9. The molecule has 0 radical (unpaired) electrons. The van der Waals surface area contributed by atoms with Crippen molar-refractivity contribution >= 4 is 17.5 Å². The van der Waals surface area contributed by atoms with Crippen LogP contribution in [0, 0.1) is 0 Å². The minimum absolute atomic E-state index is 0.122. The van der Waals surface area contributed by atoms with Gasteiger partial charge in [0, 0.05) is 30.1 Å². The van der Waals surface area contributed by atoms with E-state index in [1.807, 2.05) is 13.8 Å². The minimum Gasteiger partial charge on any atom is -0.404 e. The Kier molecular flexibility index (Phi) is 6.16. The fourth-order valence-electron chi connectivity index (χ4n) is 2.49. The molecule has 2 heterocycles. The molecule has 6 nitrogen and oxygen atoms in total. The van der Waals surface area contributed by atoms with E-state index in [9.17, 15) is 13.2 Å². The normalized spacial score (nSPS) is 12.3. The zero-order valence-corrected chi connectivity index (χ0v) is 15.9. The van der Waals surface area contributed by atoms with Gasteiger partial charge in [0.15, 0.2) is 5.75 Å². The van der Waals surface area contributed by atoms with Crippen molar-refractivity contribution in [1.82, 2.24) is 15.0 Å². The van der Waals surface area contributed by atoms with Gasteiger partial charge < -0.3 is 15.4 Å². The number of hydrogen-bond acceptors (Lipinski definition) is 6. The van der Waals surface area contributed by atoms with Crippen LogP contribution < -0.4 is 15.4 Å². The number of halogens is 3. The van der Waals surface area contributed by atoms with Gasteiger partial charge >= 0.3 is 6.36 Å². The first-order valence-corrected chi connectivity index (χ1v) is 9.02. The lowest BCUT2D eigenvalue weighted by atomic mass is 10.2. The number of para-hydroxylation sites is 2. The minimum atomic E-state index is -4.80. The Labute approximate surface area is 166 Å². The number of benzene rings is 1. The summed E-state index contributed by atoms with van der Waals surface area (Å²) in [7, 11) is 0. The Morgan fingerprint density at radius 1 is 1.07 bits per heavy atom. The van der Waals surface area contributed by atoms with Crippen molar-refractivity contribution in [2.24, 2.45) is 0 Å². The lowest BCUT2D eigenvalue weighted by Crippen LogP contribution is -2.18. The molecule has 0 bridgehead atoms. The Bertz CT molecular complexity index is 950. The van der Waals surface area contributed by atoms with E-state index in [-0.39, 0.29) is 17.5 Å². The van der Waals surface area contributed by atoms with Crippen molar-refractivity contribution in [1.29, 1.82) is 0 Å². The third kappa shape index (κ3) is 5.81. The molecule has 0 aliphatic rings. The summed E-state index contributed by atoms with van der Waals surface area (Å²) in [6, 6.07) is 11.1. The van der Waals surface area contributed by atoms with Gasteiger partial charge in [0.2, 0.25) is 5.95 Å². The van der Waals surface area contributed by atoms with Crippen LogP contribution in [0.4, 0.5) is 30.6 Å². The predicted molar refractivity (Wildman–Crippen MR) is 105 cm³/mol. The smallest absolute Gasteiger partial charge is 0.404 e. The number of rotatable bonds is 7. The monoisotopic (exact) mass is 403 g/mol. The first-order valence-electron chi connectivity index (χ1n) is 9.02. The number of ether oxygens (including phenoxy) is 1. The highest BCUT2D eigenvalue weighted by Gasteiger charge is 2.32. The molecule has 152 valence electrons. The van der Waals surface area contributed by atoms with Crippen molar-refractivity contribution in [2.45, 2.75) is 32.7 Å². The summed E-state index contributed by atoms with van der Waals surface area (Å²) >= 11 is 0. The molecule has 2 aromatic heterocycles. The van der Waals surface area contributed by atoms with Gasteiger partial charge in [-0.2, -0.15) is 4.98 Å². The number of hydrogen-bond donors (Lipinski definition) is 2. The van der Waals surface area contributed by atoms with E-state index in [0.717, 1.165) is 12.0 Å². The van der Waals surface area contributed by atoms with Crippen LogP contribution in [0.3, 0.4) is 0 Å². The molecule has 1 atom stereocenters. The molecular formula is C20H20F3N5O. The molecule has 3 rings (SSSR count). The number of aromatic nitrogens is 3. The third-order valence-corrected chi connectivity index (χ3v) is 4.07. The Morgan fingerprint density at radius 2 is 1.79 bits per heavy atom. The molecule has 0 amide bonds. The molecule has 0 fully saturated rings. The molecule has 3 aromatic rings. The van der Waals surface area contributed by atoms with E-state index in [1.54, 1.807) is 36.7 Å². The zero-order chi connectivity index (χ0) is 20.9. The molecule has 0 unspecified atom stereocenters. The standard InChI is InChI=1S/C20H20F3N5O/c1-3-13(2)25-19-27-16(14-8-10-24-11-9-14)12-18(28-19)26-15-6-4-5-7-17(15)29-20(21,22)23/h4-13H,3H2,1-2H3,(H2,25,26,27,28)/t13-/m0/s1. The molecular weight excluding hydrogens is 383 g/mol. The van der Waals surface area contributed by atoms with E-state index in [4.69, 9.17) is 0 Å². The maximum absolute atomic E-state index is 12.7. The third-order valence-electron chi connectivity index (χ3n) is 4.07. The fourth-order valence-corrected chi connectivity index (χ4v) is 2.49. The summed E-state index contributed by atoms with van der Waals surface area (Å²) in [6.07, 6.45) is -0.666. The number of alkyl halides is 3. The number of anilines is 3. The van der Waals surface area contributed by atoms with Crippen molar-refractivity contribution in [3.63, 3.8) is 0 Å². The fraction of sp³-hybridized carbons (Fsp3) is 0.250. The maximum atomic E-state index is 12.7. The van der Waals surface area contributed by atoms with Gasteiger partial charge in [-0.05, 0) is 37.6 Å². The summed E-state index contributed by atoms with van der Waals surface area (Å²) in [5.74, 6) is 0.349. The molecule has 2 N–H and O–H groups in total. The molecule has 29 heavy (non-hydrogen) atoms. The number of pyridine rings is 1. The molecule has 0 saturated carbocycles. The van der Waals surface area contributed by atoms with E-state index in [0.29, 0.717) is 17.5 Å². The molecule has 1 aromatic carbocycles. The summed E-state index contributed by atoms with van der Waals surface area (Å²) in [5, 5.41) is 6.10. The highest BCUT2D eigenvalue weighted by molar-refractivity contribution is 5.69. The second kappa shape index (κ2) is 8.76. The van der Waals surface area contributed by atoms with Crippen LogP contribution in [-0.4, -0.2) is 27.4 Å². The summed E-state index contributed by atoms with van der Waals surface area (Å²) in [6.45, 7) is 4.01. The van der Waals surface area contributed by atoms with Crippen LogP contribution in [0.25, 0.3) is 11.3 Å². The van der Waals surface area contributed by atoms with Crippen molar-refractivity contribution < 1.29 is 17.9 Å². The van der Waals surface area contributed by atoms with Gasteiger partial charge in [-0.15, -0.1) is 13.2 Å². The molecule has 0 spiro atoms. The lowest BCUT2D eigenvalue weighted by Gasteiger charge is -2.16. The van der Waals surface area contributed by atoms with Gasteiger partial charge in [-0.3, -0.25) is 4.98 Å². The average molecular weight is 403 g/mol. The van der Waals surface area contributed by atoms with Crippen LogP contribution >= 0.6 is 0 Å². The van der Waals surface area contributed by atoms with Crippen molar-refractivity contribution in [2.75, 3.05) is 10.6 Å². The second-order valence-corrected chi connectivity index (χ2v) is 6.32. The topological polar surface area (TPSA) is 72.0 Å². The van der Waals surface area contributed by atoms with Crippen LogP contribution in [0.2, 0.25) is 0 Å². The summed E-state index contributed by atoms with van der Waals surface area (Å²) in [5.41, 5.74) is 1.54. The van der Waals surface area contributed by atoms with E-state index in [2.05, 4.69) is 30.3 Å². The SMILES string of the molecule is CC[C@H](C)Nc1nc(Nc2ccccc2OC(F)(F)F)cc(-c2ccncc2)n1. The Morgan fingerprint density at radius 3 is 2.48 bits per heavy atom. The molecule has 0 aliphatic heterocycles. The highest BCUT2D eigenvalue weighted by Crippen LogP contribution is 2.32. The second-order valence-electron chi connectivity index (χ2n) is 6.32. The first kappa shape index (κ1) is 20.4. The lowest BCUT2D eigenvalue weighted by molar-refractivity contribution is -0.274. The van der Waals surface area contributed by atoms with Crippen molar-refractivity contribution in [3.8, 4) is 17.0 Å². The maximum Gasteiger partial charge on any atom is 0.573 e. The molecule has 0 saturated heterocycles. The molecule has 9 heteroatoms. The van der Waals surface area contributed by atoms with Gasteiger partial charge in [-0.1, -0.05) is 19.1 Å². The quantitative estimate of drug-likeness (QED) is 0.551. The average Bonchev–Trinajstić information content (AvgIpc) is 2.69. The largest absolute Gasteiger partial charge is 0.573 e. The van der Waals surface area contributed by atoms with E-state index < -0.39 is 6.36 Å². The van der Waals surface area contributed by atoms with E-state index in [1.165, 1.54) is 18.2 Å². The van der Waals surface area contributed by atoms with E-state index >= 15 is 0 Å². The van der Waals surface area contributed by atoms with Crippen LogP contribution in [0.15, 0.2) is 54.9 Å². The van der Waals surface area contributed by atoms with Gasteiger partial charge in [-0.25, -0.2) is 4.98 Å². The number of nitrogens with one attached hydrogen (secondary N) is 2. The summed E-state index contributed by atoms with van der Waals surface area (Å²) < 4.78 is 42.2. The zero-order valence-electron chi connectivity index (χ0n) is 15.9. The van der Waals surface area contributed by atoms with Crippen LogP contribution in [0.5, 0.6) is 5.75 Å².